The fourth-order valence-electron chi connectivity index (χ4n) is 1.71. The van der Waals surface area contributed by atoms with Crippen molar-refractivity contribution in [2.75, 3.05) is 7.05 Å². The Balaban J connectivity index is 2.01. The number of pyridine rings is 1. The molecule has 2 heterocycles. The van der Waals surface area contributed by atoms with E-state index >= 15 is 0 Å². The maximum absolute atomic E-state index is 12.0. The lowest BCUT2D eigenvalue weighted by atomic mass is 10.1. The fraction of sp³-hybridized carbons (Fsp3) is 0.308. The summed E-state index contributed by atoms with van der Waals surface area (Å²) in [5, 5.41) is 0. The number of carbonyl (C=O) groups excluding carboxylic acids is 1. The van der Waals surface area contributed by atoms with Crippen molar-refractivity contribution in [3.05, 3.63) is 48.3 Å². The first-order valence-electron chi connectivity index (χ1n) is 5.85. The van der Waals surface area contributed by atoms with Crippen LogP contribution < -0.4 is 0 Å². The van der Waals surface area contributed by atoms with Gasteiger partial charge in [-0.05, 0) is 19.1 Å². The second kappa shape index (κ2) is 5.44. The molecule has 0 bridgehead atoms. The number of amides is 1. The molecule has 1 amide bonds. The average molecular weight is 244 g/mol. The molecular weight excluding hydrogens is 228 g/mol. The van der Waals surface area contributed by atoms with E-state index in [-0.39, 0.29) is 11.9 Å². The molecule has 2 aromatic rings. The van der Waals surface area contributed by atoms with Crippen LogP contribution >= 0.6 is 0 Å². The summed E-state index contributed by atoms with van der Waals surface area (Å²) in [5.74, 6) is 0.258. The summed E-state index contributed by atoms with van der Waals surface area (Å²) in [4.78, 5) is 24.8. The standard InChI is InChI=1S/C13H16N4O/c1-10(9-11-5-3-4-6-14-11)17(2)13(18)12-15-7-8-16-12/h3-8,10H,9H2,1-2H3,(H,15,16)/t10-/m0/s1. The topological polar surface area (TPSA) is 61.9 Å². The van der Waals surface area contributed by atoms with Gasteiger partial charge in [-0.25, -0.2) is 4.98 Å². The molecule has 94 valence electrons. The molecule has 2 aromatic heterocycles. The van der Waals surface area contributed by atoms with Gasteiger partial charge in [0.05, 0.1) is 0 Å². The van der Waals surface area contributed by atoms with Crippen molar-refractivity contribution in [3.8, 4) is 0 Å². The van der Waals surface area contributed by atoms with Crippen LogP contribution in [-0.2, 0) is 6.42 Å². The van der Waals surface area contributed by atoms with Crippen LogP contribution in [0.3, 0.4) is 0 Å². The van der Waals surface area contributed by atoms with E-state index in [0.717, 1.165) is 12.1 Å². The summed E-state index contributed by atoms with van der Waals surface area (Å²) in [5.41, 5.74) is 0.976. The van der Waals surface area contributed by atoms with Gasteiger partial charge in [-0.2, -0.15) is 0 Å². The van der Waals surface area contributed by atoms with Crippen LogP contribution in [0.2, 0.25) is 0 Å². The third-order valence-corrected chi connectivity index (χ3v) is 2.91. The van der Waals surface area contributed by atoms with Gasteiger partial charge in [0.2, 0.25) is 0 Å². The molecule has 0 aliphatic rings. The largest absolute Gasteiger partial charge is 0.341 e. The number of carbonyl (C=O) groups is 1. The summed E-state index contributed by atoms with van der Waals surface area (Å²) in [6.07, 6.45) is 5.70. The van der Waals surface area contributed by atoms with E-state index in [2.05, 4.69) is 15.0 Å². The first kappa shape index (κ1) is 12.3. The number of aromatic nitrogens is 3. The number of rotatable bonds is 4. The molecule has 1 N–H and O–H groups in total. The molecule has 0 unspecified atom stereocenters. The number of aromatic amines is 1. The molecule has 0 saturated carbocycles. The Kier molecular flexibility index (Phi) is 3.72. The van der Waals surface area contributed by atoms with Crippen molar-refractivity contribution < 1.29 is 4.79 Å². The van der Waals surface area contributed by atoms with Crippen LogP contribution in [0.15, 0.2) is 36.8 Å². The fourth-order valence-corrected chi connectivity index (χ4v) is 1.71. The van der Waals surface area contributed by atoms with Gasteiger partial charge in [-0.15, -0.1) is 0 Å². The Morgan fingerprint density at radius 3 is 2.83 bits per heavy atom. The van der Waals surface area contributed by atoms with Crippen molar-refractivity contribution in [1.82, 2.24) is 19.9 Å². The van der Waals surface area contributed by atoms with Crippen LogP contribution in [0, 0.1) is 0 Å². The van der Waals surface area contributed by atoms with Crippen LogP contribution in [0.1, 0.15) is 23.2 Å². The van der Waals surface area contributed by atoms with Gasteiger partial charge >= 0.3 is 0 Å². The predicted molar refractivity (Wildman–Crippen MR) is 68.1 cm³/mol. The monoisotopic (exact) mass is 244 g/mol. The summed E-state index contributed by atoms with van der Waals surface area (Å²) in [7, 11) is 1.78. The molecule has 0 aliphatic carbocycles. The highest BCUT2D eigenvalue weighted by atomic mass is 16.2. The number of nitrogens with one attached hydrogen (secondary N) is 1. The van der Waals surface area contributed by atoms with Crippen molar-refractivity contribution in [2.24, 2.45) is 0 Å². The maximum Gasteiger partial charge on any atom is 0.289 e. The minimum absolute atomic E-state index is 0.0671. The van der Waals surface area contributed by atoms with E-state index in [1.807, 2.05) is 25.1 Å². The Hall–Kier alpha value is -2.17. The number of hydrogen-bond acceptors (Lipinski definition) is 3. The lowest BCUT2D eigenvalue weighted by molar-refractivity contribution is 0.0731. The van der Waals surface area contributed by atoms with E-state index < -0.39 is 0 Å². The first-order chi connectivity index (χ1) is 8.68. The highest BCUT2D eigenvalue weighted by Crippen LogP contribution is 2.07. The quantitative estimate of drug-likeness (QED) is 0.886. The molecule has 0 fully saturated rings. The van der Waals surface area contributed by atoms with E-state index in [9.17, 15) is 4.79 Å². The molecule has 0 aromatic carbocycles. The van der Waals surface area contributed by atoms with Crippen LogP contribution in [-0.4, -0.2) is 38.8 Å². The predicted octanol–water partition coefficient (Wildman–Crippen LogP) is 1.51. The Bertz CT molecular complexity index is 495. The van der Waals surface area contributed by atoms with Crippen molar-refractivity contribution >= 4 is 5.91 Å². The minimum atomic E-state index is -0.108. The van der Waals surface area contributed by atoms with E-state index in [1.165, 1.54) is 0 Å². The molecule has 0 saturated heterocycles. The number of nitrogens with zero attached hydrogens (tertiary/aromatic N) is 3. The zero-order valence-electron chi connectivity index (χ0n) is 10.5. The number of H-pyrrole nitrogens is 1. The Labute approximate surface area is 106 Å². The lowest BCUT2D eigenvalue weighted by Crippen LogP contribution is -2.37. The summed E-state index contributed by atoms with van der Waals surface area (Å²) >= 11 is 0. The second-order valence-corrected chi connectivity index (χ2v) is 4.23. The maximum atomic E-state index is 12.0. The molecule has 5 nitrogen and oxygen atoms in total. The second-order valence-electron chi connectivity index (χ2n) is 4.23. The zero-order valence-corrected chi connectivity index (χ0v) is 10.5. The van der Waals surface area contributed by atoms with Gasteiger partial charge < -0.3 is 9.88 Å². The van der Waals surface area contributed by atoms with Crippen molar-refractivity contribution in [2.45, 2.75) is 19.4 Å². The molecule has 0 aliphatic heterocycles. The summed E-state index contributed by atoms with van der Waals surface area (Å²) < 4.78 is 0. The van der Waals surface area contributed by atoms with Crippen molar-refractivity contribution in [3.63, 3.8) is 0 Å². The zero-order chi connectivity index (χ0) is 13.0. The summed E-state index contributed by atoms with van der Waals surface area (Å²) in [6.45, 7) is 2.00. The molecule has 0 radical (unpaired) electrons. The smallest absolute Gasteiger partial charge is 0.289 e. The third-order valence-electron chi connectivity index (χ3n) is 2.91. The SMILES string of the molecule is C[C@@H](Cc1ccccn1)N(C)C(=O)c1ncc[nH]1. The van der Waals surface area contributed by atoms with Crippen LogP contribution in [0.5, 0.6) is 0 Å². The molecular formula is C13H16N4O. The molecule has 2 rings (SSSR count). The average Bonchev–Trinajstić information content (AvgIpc) is 2.92. The first-order valence-corrected chi connectivity index (χ1v) is 5.85. The van der Waals surface area contributed by atoms with Gasteiger partial charge in [0.1, 0.15) is 0 Å². The lowest BCUT2D eigenvalue weighted by Gasteiger charge is -2.23. The van der Waals surface area contributed by atoms with Gasteiger partial charge in [0.25, 0.3) is 5.91 Å². The van der Waals surface area contributed by atoms with Gasteiger partial charge in [0, 0.05) is 43.8 Å². The number of likely N-dealkylation sites (N-methyl/N-ethyl adjacent to an activating group) is 1. The number of imidazole rings is 1. The van der Waals surface area contributed by atoms with Crippen LogP contribution in [0.25, 0.3) is 0 Å². The van der Waals surface area contributed by atoms with Gasteiger partial charge in [-0.3, -0.25) is 9.78 Å². The van der Waals surface area contributed by atoms with E-state index in [4.69, 9.17) is 0 Å². The number of hydrogen-bond donors (Lipinski definition) is 1. The Morgan fingerprint density at radius 1 is 1.39 bits per heavy atom. The molecule has 1 atom stereocenters. The normalized spacial score (nSPS) is 12.1. The van der Waals surface area contributed by atoms with Gasteiger partial charge in [0.15, 0.2) is 5.82 Å². The van der Waals surface area contributed by atoms with E-state index in [1.54, 1.807) is 30.5 Å². The molecule has 18 heavy (non-hydrogen) atoms. The minimum Gasteiger partial charge on any atom is -0.341 e. The molecule has 5 heteroatoms. The Morgan fingerprint density at radius 2 is 2.22 bits per heavy atom. The highest BCUT2D eigenvalue weighted by Gasteiger charge is 2.19. The molecule has 0 spiro atoms. The van der Waals surface area contributed by atoms with Crippen LogP contribution in [0.4, 0.5) is 0 Å². The summed E-state index contributed by atoms with van der Waals surface area (Å²) in [6, 6.07) is 5.86. The highest BCUT2D eigenvalue weighted by molar-refractivity contribution is 5.90. The third kappa shape index (κ3) is 2.74. The van der Waals surface area contributed by atoms with E-state index in [0.29, 0.717) is 5.82 Å². The van der Waals surface area contributed by atoms with Gasteiger partial charge in [-0.1, -0.05) is 6.07 Å². The van der Waals surface area contributed by atoms with Crippen molar-refractivity contribution in [1.29, 1.82) is 0 Å².